The molecule has 3 rings (SSSR count). The van der Waals surface area contributed by atoms with E-state index in [1.54, 1.807) is 11.3 Å². The lowest BCUT2D eigenvalue weighted by atomic mass is 9.96. The van der Waals surface area contributed by atoms with Crippen LogP contribution in [0.3, 0.4) is 0 Å². The van der Waals surface area contributed by atoms with Crippen molar-refractivity contribution in [2.24, 2.45) is 0 Å². The third-order valence-electron chi connectivity index (χ3n) is 4.58. The monoisotopic (exact) mass is 368 g/mol. The van der Waals surface area contributed by atoms with E-state index >= 15 is 0 Å². The van der Waals surface area contributed by atoms with Crippen molar-refractivity contribution in [2.75, 3.05) is 38.7 Å². The Morgan fingerprint density at radius 2 is 1.92 bits per heavy atom. The maximum absolute atomic E-state index is 12.4. The van der Waals surface area contributed by atoms with Crippen molar-refractivity contribution in [3.05, 3.63) is 16.0 Å². The average Bonchev–Trinajstić information content (AvgIpc) is 2.91. The summed E-state index contributed by atoms with van der Waals surface area (Å²) in [6.07, 6.45) is 6.78. The number of carbonyl (C=O) groups is 1. The first-order valence-corrected chi connectivity index (χ1v) is 9.79. The van der Waals surface area contributed by atoms with Gasteiger partial charge in [0.25, 0.3) is 0 Å². The van der Waals surface area contributed by atoms with Gasteiger partial charge in [0.2, 0.25) is 0 Å². The maximum atomic E-state index is 12.4. The first-order chi connectivity index (χ1) is 11.7. The van der Waals surface area contributed by atoms with Gasteiger partial charge in [-0.05, 0) is 43.5 Å². The molecule has 1 aromatic heterocycles. The Kier molecular flexibility index (Phi) is 6.08. The number of rotatable bonds is 2. The van der Waals surface area contributed by atoms with Gasteiger partial charge in [0, 0.05) is 18.0 Å². The second kappa shape index (κ2) is 8.27. The number of thiophene rings is 1. The number of thiocarbonyl (C=S) groups is 1. The molecule has 0 saturated carbocycles. The number of hydrogen-bond acceptors (Lipinski definition) is 5. The minimum Gasteiger partial charge on any atom is -0.465 e. The molecule has 1 aliphatic heterocycles. The molecule has 2 aliphatic rings. The quantitative estimate of drug-likeness (QED) is 0.639. The molecule has 132 valence electrons. The first-order valence-electron chi connectivity index (χ1n) is 8.57. The maximum Gasteiger partial charge on any atom is 0.341 e. The fourth-order valence-electron chi connectivity index (χ4n) is 3.27. The predicted octanol–water partition coefficient (Wildman–Crippen LogP) is 3.22. The molecule has 0 radical (unpaired) electrons. The number of fused-ring (bicyclic) bond motifs is 1. The van der Waals surface area contributed by atoms with Gasteiger partial charge in [0.15, 0.2) is 5.11 Å². The van der Waals surface area contributed by atoms with Crippen LogP contribution in [0, 0.1) is 0 Å². The summed E-state index contributed by atoms with van der Waals surface area (Å²) in [5.41, 5.74) is 1.86. The Bertz CT molecular complexity index is 609. The topological polar surface area (TPSA) is 50.8 Å². The van der Waals surface area contributed by atoms with E-state index in [-0.39, 0.29) is 5.97 Å². The SMILES string of the molecule is COC(=O)c1c(NC(=S)N2CCOCC2)sc2c1CCCCCC2. The number of hydrogen-bond donors (Lipinski definition) is 1. The molecule has 0 amide bonds. The van der Waals surface area contributed by atoms with Crippen LogP contribution in [-0.4, -0.2) is 49.4 Å². The highest BCUT2D eigenvalue weighted by Gasteiger charge is 2.26. The van der Waals surface area contributed by atoms with Crippen LogP contribution in [0.25, 0.3) is 0 Å². The summed E-state index contributed by atoms with van der Waals surface area (Å²) in [6.45, 7) is 2.94. The van der Waals surface area contributed by atoms with Gasteiger partial charge in [-0.3, -0.25) is 0 Å². The average molecular weight is 369 g/mol. The van der Waals surface area contributed by atoms with Crippen LogP contribution >= 0.6 is 23.6 Å². The van der Waals surface area contributed by atoms with Crippen LogP contribution in [0.4, 0.5) is 5.00 Å². The zero-order valence-electron chi connectivity index (χ0n) is 14.1. The summed E-state index contributed by atoms with van der Waals surface area (Å²) in [5.74, 6) is -0.264. The molecule has 24 heavy (non-hydrogen) atoms. The summed E-state index contributed by atoms with van der Waals surface area (Å²) >= 11 is 7.21. The molecule has 0 aromatic carbocycles. The summed E-state index contributed by atoms with van der Waals surface area (Å²) in [5, 5.41) is 4.82. The lowest BCUT2D eigenvalue weighted by Crippen LogP contribution is -2.42. The van der Waals surface area contributed by atoms with Crippen molar-refractivity contribution in [2.45, 2.75) is 38.5 Å². The molecular weight excluding hydrogens is 344 g/mol. The standard InChI is InChI=1S/C17H24N2O3S2/c1-21-16(20)14-12-6-4-2-3-5-7-13(12)24-15(14)18-17(23)19-8-10-22-11-9-19/h2-11H2,1H3,(H,18,23). The van der Waals surface area contributed by atoms with E-state index in [9.17, 15) is 4.79 Å². The molecular formula is C17H24N2O3S2. The lowest BCUT2D eigenvalue weighted by molar-refractivity contribution is 0.0600. The predicted molar refractivity (Wildman–Crippen MR) is 100 cm³/mol. The van der Waals surface area contributed by atoms with Crippen molar-refractivity contribution in [1.29, 1.82) is 0 Å². The number of nitrogens with zero attached hydrogens (tertiary/aromatic N) is 1. The van der Waals surface area contributed by atoms with Gasteiger partial charge in [-0.15, -0.1) is 11.3 Å². The van der Waals surface area contributed by atoms with Gasteiger partial charge in [-0.1, -0.05) is 12.8 Å². The number of methoxy groups -OCH3 is 1. The number of aryl methyl sites for hydroxylation is 1. The molecule has 5 nitrogen and oxygen atoms in total. The molecule has 0 spiro atoms. The molecule has 2 heterocycles. The van der Waals surface area contributed by atoms with E-state index in [0.29, 0.717) is 23.9 Å². The summed E-state index contributed by atoms with van der Waals surface area (Å²) in [4.78, 5) is 15.8. The van der Waals surface area contributed by atoms with Crippen molar-refractivity contribution in [3.63, 3.8) is 0 Å². The number of esters is 1. The van der Waals surface area contributed by atoms with E-state index in [2.05, 4.69) is 10.2 Å². The Labute approximate surface area is 152 Å². The number of ether oxygens (including phenoxy) is 2. The molecule has 1 saturated heterocycles. The largest absolute Gasteiger partial charge is 0.465 e. The highest BCUT2D eigenvalue weighted by Crippen LogP contribution is 2.37. The highest BCUT2D eigenvalue weighted by molar-refractivity contribution is 7.80. The van der Waals surface area contributed by atoms with Gasteiger partial charge < -0.3 is 19.7 Å². The third-order valence-corrected chi connectivity index (χ3v) is 6.15. The number of nitrogens with one attached hydrogen (secondary N) is 1. The Morgan fingerprint density at radius 3 is 2.62 bits per heavy atom. The van der Waals surface area contributed by atoms with Crippen LogP contribution in [0.15, 0.2) is 0 Å². The van der Waals surface area contributed by atoms with Crippen molar-refractivity contribution in [1.82, 2.24) is 4.90 Å². The molecule has 1 aliphatic carbocycles. The van der Waals surface area contributed by atoms with Crippen LogP contribution in [0.1, 0.15) is 46.5 Å². The molecule has 7 heteroatoms. The fraction of sp³-hybridized carbons (Fsp3) is 0.647. The second-order valence-electron chi connectivity index (χ2n) is 6.14. The van der Waals surface area contributed by atoms with Crippen LogP contribution in [-0.2, 0) is 22.3 Å². The lowest BCUT2D eigenvalue weighted by Gasteiger charge is -2.29. The molecule has 1 fully saturated rings. The molecule has 0 bridgehead atoms. The molecule has 0 unspecified atom stereocenters. The minimum absolute atomic E-state index is 0.264. The van der Waals surface area contributed by atoms with Crippen LogP contribution in [0.5, 0.6) is 0 Å². The van der Waals surface area contributed by atoms with E-state index in [4.69, 9.17) is 21.7 Å². The van der Waals surface area contributed by atoms with Crippen LogP contribution in [0.2, 0.25) is 0 Å². The number of anilines is 1. The molecule has 0 atom stereocenters. The van der Waals surface area contributed by atoms with Gasteiger partial charge in [-0.2, -0.15) is 0 Å². The first kappa shape index (κ1) is 17.6. The van der Waals surface area contributed by atoms with Crippen LogP contribution < -0.4 is 5.32 Å². The molecule has 1 aromatic rings. The third kappa shape index (κ3) is 3.90. The van der Waals surface area contributed by atoms with E-state index < -0.39 is 0 Å². The van der Waals surface area contributed by atoms with Gasteiger partial charge in [0.1, 0.15) is 5.00 Å². The normalized spacial score (nSPS) is 18.3. The minimum atomic E-state index is -0.264. The van der Waals surface area contributed by atoms with Gasteiger partial charge in [0.05, 0.1) is 25.9 Å². The summed E-state index contributed by atoms with van der Waals surface area (Å²) < 4.78 is 10.4. The zero-order valence-corrected chi connectivity index (χ0v) is 15.7. The zero-order chi connectivity index (χ0) is 16.9. The molecule has 1 N–H and O–H groups in total. The Balaban J connectivity index is 1.86. The highest BCUT2D eigenvalue weighted by atomic mass is 32.1. The Morgan fingerprint density at radius 1 is 1.21 bits per heavy atom. The van der Waals surface area contributed by atoms with Crippen molar-refractivity contribution < 1.29 is 14.3 Å². The Hall–Kier alpha value is -1.18. The van der Waals surface area contributed by atoms with Gasteiger partial charge >= 0.3 is 5.97 Å². The fourth-order valence-corrected chi connectivity index (χ4v) is 4.89. The second-order valence-corrected chi connectivity index (χ2v) is 7.64. The van der Waals surface area contributed by atoms with Gasteiger partial charge in [-0.25, -0.2) is 4.79 Å². The van der Waals surface area contributed by atoms with Crippen molar-refractivity contribution in [3.8, 4) is 0 Å². The van der Waals surface area contributed by atoms with E-state index in [1.165, 1.54) is 36.8 Å². The summed E-state index contributed by atoms with van der Waals surface area (Å²) in [6, 6.07) is 0. The van der Waals surface area contributed by atoms with Crippen molar-refractivity contribution >= 4 is 39.6 Å². The summed E-state index contributed by atoms with van der Waals surface area (Å²) in [7, 11) is 1.44. The number of morpholine rings is 1. The number of carbonyl (C=O) groups excluding carboxylic acids is 1. The van der Waals surface area contributed by atoms with E-state index in [1.807, 2.05) is 0 Å². The smallest absolute Gasteiger partial charge is 0.341 e. The van der Waals surface area contributed by atoms with E-state index in [0.717, 1.165) is 37.4 Å².